The zero-order valence-corrected chi connectivity index (χ0v) is 10.9. The third-order valence-corrected chi connectivity index (χ3v) is 2.55. The second kappa shape index (κ2) is 6.84. The van der Waals surface area contributed by atoms with Gasteiger partial charge < -0.3 is 15.7 Å². The van der Waals surface area contributed by atoms with Crippen LogP contribution in [0.3, 0.4) is 0 Å². The standard InChI is InChI=1S/C13H17FN2O3/c1-3-15-8(2)7-11(17)16-12-9(13(18)19)5-4-6-10(12)14/h4-6,8,15H,3,7H2,1-2H3,(H,16,17)(H,18,19). The van der Waals surface area contributed by atoms with Gasteiger partial charge in [0.1, 0.15) is 5.82 Å². The second-order valence-electron chi connectivity index (χ2n) is 4.18. The summed E-state index contributed by atoms with van der Waals surface area (Å²) in [7, 11) is 0. The highest BCUT2D eigenvalue weighted by molar-refractivity contribution is 6.00. The summed E-state index contributed by atoms with van der Waals surface area (Å²) < 4.78 is 13.6. The van der Waals surface area contributed by atoms with Crippen LogP contribution in [0.5, 0.6) is 0 Å². The largest absolute Gasteiger partial charge is 0.478 e. The molecular formula is C13H17FN2O3. The lowest BCUT2D eigenvalue weighted by Gasteiger charge is -2.13. The van der Waals surface area contributed by atoms with Gasteiger partial charge in [0.2, 0.25) is 5.91 Å². The van der Waals surface area contributed by atoms with Gasteiger partial charge in [-0.15, -0.1) is 0 Å². The van der Waals surface area contributed by atoms with E-state index in [0.717, 1.165) is 6.07 Å². The monoisotopic (exact) mass is 268 g/mol. The Labute approximate surface area is 110 Å². The summed E-state index contributed by atoms with van der Waals surface area (Å²) in [6, 6.07) is 3.57. The third-order valence-electron chi connectivity index (χ3n) is 2.55. The molecule has 1 amide bonds. The number of rotatable bonds is 6. The average Bonchev–Trinajstić information content (AvgIpc) is 2.31. The van der Waals surface area contributed by atoms with Gasteiger partial charge in [-0.2, -0.15) is 0 Å². The first-order chi connectivity index (χ1) is 8.95. The zero-order valence-electron chi connectivity index (χ0n) is 10.9. The van der Waals surface area contributed by atoms with Crippen molar-refractivity contribution in [2.75, 3.05) is 11.9 Å². The molecule has 0 aliphatic carbocycles. The minimum atomic E-state index is -1.28. The predicted molar refractivity (Wildman–Crippen MR) is 69.7 cm³/mol. The fourth-order valence-electron chi connectivity index (χ4n) is 1.72. The number of nitrogens with one attached hydrogen (secondary N) is 2. The van der Waals surface area contributed by atoms with E-state index >= 15 is 0 Å². The van der Waals surface area contributed by atoms with Crippen LogP contribution >= 0.6 is 0 Å². The van der Waals surface area contributed by atoms with E-state index in [1.807, 2.05) is 13.8 Å². The maximum absolute atomic E-state index is 13.6. The van der Waals surface area contributed by atoms with Crippen LogP contribution in [-0.4, -0.2) is 29.6 Å². The lowest BCUT2D eigenvalue weighted by molar-refractivity contribution is -0.116. The molecule has 5 nitrogen and oxygen atoms in total. The maximum Gasteiger partial charge on any atom is 0.337 e. The average molecular weight is 268 g/mol. The number of anilines is 1. The first-order valence-corrected chi connectivity index (χ1v) is 6.00. The van der Waals surface area contributed by atoms with Crippen molar-refractivity contribution in [3.05, 3.63) is 29.6 Å². The van der Waals surface area contributed by atoms with Crippen LogP contribution in [-0.2, 0) is 4.79 Å². The van der Waals surface area contributed by atoms with Crippen molar-refractivity contribution in [1.29, 1.82) is 0 Å². The summed E-state index contributed by atoms with van der Waals surface area (Å²) >= 11 is 0. The van der Waals surface area contributed by atoms with Crippen LogP contribution < -0.4 is 10.6 Å². The van der Waals surface area contributed by atoms with Crippen molar-refractivity contribution in [1.82, 2.24) is 5.32 Å². The van der Waals surface area contributed by atoms with Gasteiger partial charge in [-0.25, -0.2) is 9.18 Å². The summed E-state index contributed by atoms with van der Waals surface area (Å²) in [6.07, 6.45) is 0.140. The Morgan fingerprint density at radius 2 is 2.11 bits per heavy atom. The number of hydrogen-bond acceptors (Lipinski definition) is 3. The number of halogens is 1. The molecule has 1 aromatic carbocycles. The highest BCUT2D eigenvalue weighted by Crippen LogP contribution is 2.20. The Morgan fingerprint density at radius 3 is 2.68 bits per heavy atom. The van der Waals surface area contributed by atoms with Crippen molar-refractivity contribution in [2.45, 2.75) is 26.3 Å². The number of para-hydroxylation sites is 1. The maximum atomic E-state index is 13.6. The van der Waals surface area contributed by atoms with Crippen LogP contribution in [0.2, 0.25) is 0 Å². The summed E-state index contributed by atoms with van der Waals surface area (Å²) in [4.78, 5) is 22.7. The van der Waals surface area contributed by atoms with Gasteiger partial charge in [-0.1, -0.05) is 13.0 Å². The minimum Gasteiger partial charge on any atom is -0.478 e. The van der Waals surface area contributed by atoms with Crippen molar-refractivity contribution >= 4 is 17.6 Å². The first-order valence-electron chi connectivity index (χ1n) is 6.00. The Balaban J connectivity index is 2.82. The molecule has 0 radical (unpaired) electrons. The molecule has 1 aromatic rings. The van der Waals surface area contributed by atoms with Crippen LogP contribution in [0.4, 0.5) is 10.1 Å². The number of benzene rings is 1. The van der Waals surface area contributed by atoms with Gasteiger partial charge in [-0.05, 0) is 25.6 Å². The SMILES string of the molecule is CCNC(C)CC(=O)Nc1c(F)cccc1C(=O)O. The lowest BCUT2D eigenvalue weighted by Crippen LogP contribution is -2.30. The second-order valence-corrected chi connectivity index (χ2v) is 4.18. The van der Waals surface area contributed by atoms with Crippen molar-refractivity contribution in [3.8, 4) is 0 Å². The Bertz CT molecular complexity index is 477. The molecule has 0 saturated heterocycles. The lowest BCUT2D eigenvalue weighted by atomic mass is 10.1. The molecule has 0 saturated carbocycles. The quantitative estimate of drug-likeness (QED) is 0.735. The summed E-state index contributed by atoms with van der Waals surface area (Å²) in [6.45, 7) is 4.45. The fraction of sp³-hybridized carbons (Fsp3) is 0.385. The van der Waals surface area contributed by atoms with E-state index in [-0.39, 0.29) is 23.7 Å². The van der Waals surface area contributed by atoms with E-state index in [1.165, 1.54) is 12.1 Å². The van der Waals surface area contributed by atoms with Crippen molar-refractivity contribution in [3.63, 3.8) is 0 Å². The Morgan fingerprint density at radius 1 is 1.42 bits per heavy atom. The molecule has 1 rings (SSSR count). The third kappa shape index (κ3) is 4.33. The Hall–Kier alpha value is -1.95. The molecule has 0 aliphatic rings. The number of carboxylic acid groups (broad SMARTS) is 1. The number of amides is 1. The number of hydrogen-bond donors (Lipinski definition) is 3. The van der Waals surface area contributed by atoms with Gasteiger partial charge in [-0.3, -0.25) is 4.79 Å². The molecule has 0 heterocycles. The number of carbonyl (C=O) groups excluding carboxylic acids is 1. The zero-order chi connectivity index (χ0) is 14.4. The van der Waals surface area contributed by atoms with Gasteiger partial charge in [0, 0.05) is 12.5 Å². The molecule has 1 unspecified atom stereocenters. The molecule has 0 aromatic heterocycles. The highest BCUT2D eigenvalue weighted by Gasteiger charge is 2.17. The normalized spacial score (nSPS) is 11.9. The van der Waals surface area contributed by atoms with Crippen molar-refractivity contribution < 1.29 is 19.1 Å². The summed E-state index contributed by atoms with van der Waals surface area (Å²) in [5.41, 5.74) is -0.548. The van der Waals surface area contributed by atoms with Crippen LogP contribution in [0.25, 0.3) is 0 Å². The topological polar surface area (TPSA) is 78.4 Å². The molecule has 19 heavy (non-hydrogen) atoms. The van der Waals surface area contributed by atoms with E-state index in [1.54, 1.807) is 0 Å². The minimum absolute atomic E-state index is 0.0648. The van der Waals surface area contributed by atoms with E-state index in [4.69, 9.17) is 5.11 Å². The first kappa shape index (κ1) is 15.1. The van der Waals surface area contributed by atoms with E-state index in [0.29, 0.717) is 6.54 Å². The smallest absolute Gasteiger partial charge is 0.337 e. The van der Waals surface area contributed by atoms with Crippen LogP contribution in [0.1, 0.15) is 30.6 Å². The molecule has 0 fully saturated rings. The molecule has 104 valence electrons. The molecular weight excluding hydrogens is 251 g/mol. The molecule has 3 N–H and O–H groups in total. The summed E-state index contributed by atoms with van der Waals surface area (Å²) in [5, 5.41) is 14.3. The van der Waals surface area contributed by atoms with Crippen LogP contribution in [0, 0.1) is 5.82 Å². The molecule has 6 heteroatoms. The van der Waals surface area contributed by atoms with Gasteiger partial charge >= 0.3 is 5.97 Å². The Kier molecular flexibility index (Phi) is 5.44. The van der Waals surface area contributed by atoms with Crippen LogP contribution in [0.15, 0.2) is 18.2 Å². The number of carbonyl (C=O) groups is 2. The van der Waals surface area contributed by atoms with E-state index in [2.05, 4.69) is 10.6 Å². The fourth-order valence-corrected chi connectivity index (χ4v) is 1.72. The summed E-state index contributed by atoms with van der Waals surface area (Å²) in [5.74, 6) is -2.47. The molecule has 0 bridgehead atoms. The van der Waals surface area contributed by atoms with Crippen molar-refractivity contribution in [2.24, 2.45) is 0 Å². The predicted octanol–water partition coefficient (Wildman–Crippen LogP) is 1.85. The molecule has 0 spiro atoms. The van der Waals surface area contributed by atoms with E-state index < -0.39 is 17.7 Å². The number of aromatic carboxylic acids is 1. The molecule has 0 aliphatic heterocycles. The van der Waals surface area contributed by atoms with E-state index in [9.17, 15) is 14.0 Å². The number of carboxylic acids is 1. The molecule has 1 atom stereocenters. The van der Waals surface area contributed by atoms with Gasteiger partial charge in [0.05, 0.1) is 11.3 Å². The van der Waals surface area contributed by atoms with Gasteiger partial charge in [0.25, 0.3) is 0 Å². The van der Waals surface area contributed by atoms with Gasteiger partial charge in [0.15, 0.2) is 0 Å². The highest BCUT2D eigenvalue weighted by atomic mass is 19.1.